The van der Waals surface area contributed by atoms with Gasteiger partial charge in [0.15, 0.2) is 0 Å². The predicted molar refractivity (Wildman–Crippen MR) is 88.0 cm³/mol. The molecule has 3 heteroatoms. The summed E-state index contributed by atoms with van der Waals surface area (Å²) in [6.07, 6.45) is 1.04. The van der Waals surface area contributed by atoms with Crippen LogP contribution in [0, 0.1) is 0 Å². The van der Waals surface area contributed by atoms with E-state index in [1.54, 1.807) is 0 Å². The first-order valence-corrected chi connectivity index (χ1v) is 8.01. The van der Waals surface area contributed by atoms with Crippen molar-refractivity contribution < 1.29 is 4.79 Å². The molecule has 116 valence electrons. The van der Waals surface area contributed by atoms with Gasteiger partial charge in [-0.3, -0.25) is 4.79 Å². The first-order valence-electron chi connectivity index (χ1n) is 8.01. The Labute approximate surface area is 128 Å². The minimum atomic E-state index is 0.0625. The summed E-state index contributed by atoms with van der Waals surface area (Å²) in [5, 5.41) is 3.16. The molecule has 1 heterocycles. The molecule has 21 heavy (non-hydrogen) atoms. The number of nitrogens with one attached hydrogen (secondary N) is 1. The smallest absolute Gasteiger partial charge is 0.251 e. The van der Waals surface area contributed by atoms with E-state index in [1.807, 2.05) is 6.07 Å². The number of hydrogen-bond acceptors (Lipinski definition) is 2. The van der Waals surface area contributed by atoms with Crippen LogP contribution in [0.4, 0.5) is 0 Å². The molecule has 0 unspecified atom stereocenters. The van der Waals surface area contributed by atoms with Gasteiger partial charge in [0.25, 0.3) is 5.91 Å². The molecule has 1 saturated heterocycles. The van der Waals surface area contributed by atoms with Crippen LogP contribution in [0.3, 0.4) is 0 Å². The highest BCUT2D eigenvalue weighted by atomic mass is 16.1. The third-order valence-corrected chi connectivity index (χ3v) is 4.32. The fraction of sp³-hybridized carbons (Fsp3) is 0.611. The van der Waals surface area contributed by atoms with Crippen LogP contribution in [0.1, 0.15) is 67.4 Å². The van der Waals surface area contributed by atoms with Gasteiger partial charge < -0.3 is 10.2 Å². The van der Waals surface area contributed by atoms with Crippen molar-refractivity contribution in [1.29, 1.82) is 0 Å². The van der Waals surface area contributed by atoms with Crippen LogP contribution < -0.4 is 5.32 Å². The van der Waals surface area contributed by atoms with Gasteiger partial charge in [0.1, 0.15) is 0 Å². The standard InChI is InChI=1S/C18H28N2O/c1-12(2)16-7-6-14(10-17(16)13(3)4)18(21)19-15-8-9-20(5)11-15/h6-7,10,12-13,15H,8-9,11H2,1-5H3,(H,19,21)/t15-/m1/s1. The second-order valence-electron chi connectivity index (χ2n) is 6.87. The molecule has 1 aliphatic heterocycles. The van der Waals surface area contributed by atoms with Gasteiger partial charge in [-0.1, -0.05) is 33.8 Å². The highest BCUT2D eigenvalue weighted by Crippen LogP contribution is 2.27. The fourth-order valence-electron chi connectivity index (χ4n) is 3.06. The van der Waals surface area contributed by atoms with Crippen molar-refractivity contribution in [2.75, 3.05) is 20.1 Å². The molecule has 0 aliphatic carbocycles. The molecule has 3 nitrogen and oxygen atoms in total. The van der Waals surface area contributed by atoms with E-state index < -0.39 is 0 Å². The highest BCUT2D eigenvalue weighted by Gasteiger charge is 2.22. The minimum absolute atomic E-state index is 0.0625. The molecular formula is C18H28N2O. The molecule has 1 aliphatic rings. The maximum absolute atomic E-state index is 12.4. The van der Waals surface area contributed by atoms with Gasteiger partial charge in [-0.25, -0.2) is 0 Å². The lowest BCUT2D eigenvalue weighted by Crippen LogP contribution is -2.36. The zero-order valence-corrected chi connectivity index (χ0v) is 13.9. The predicted octanol–water partition coefficient (Wildman–Crippen LogP) is 3.37. The zero-order valence-electron chi connectivity index (χ0n) is 13.9. The lowest BCUT2D eigenvalue weighted by Gasteiger charge is -2.18. The Kier molecular flexibility index (Phi) is 5.04. The molecule has 1 atom stereocenters. The Morgan fingerprint density at radius 3 is 2.38 bits per heavy atom. The molecule has 0 aromatic heterocycles. The minimum Gasteiger partial charge on any atom is -0.348 e. The first kappa shape index (κ1) is 16.0. The summed E-state index contributed by atoms with van der Waals surface area (Å²) in [4.78, 5) is 14.7. The third kappa shape index (κ3) is 3.85. The molecule has 2 rings (SSSR count). The van der Waals surface area contributed by atoms with Gasteiger partial charge in [0.2, 0.25) is 0 Å². The summed E-state index contributed by atoms with van der Waals surface area (Å²) >= 11 is 0. The fourth-order valence-corrected chi connectivity index (χ4v) is 3.06. The molecule has 0 spiro atoms. The first-order chi connectivity index (χ1) is 9.88. The number of carbonyl (C=O) groups is 1. The van der Waals surface area contributed by atoms with Crippen LogP contribution in [0.2, 0.25) is 0 Å². The van der Waals surface area contributed by atoms with E-state index in [0.717, 1.165) is 25.1 Å². The van der Waals surface area contributed by atoms with Crippen LogP contribution in [0.5, 0.6) is 0 Å². The molecule has 0 saturated carbocycles. The zero-order chi connectivity index (χ0) is 15.6. The molecule has 0 radical (unpaired) electrons. The third-order valence-electron chi connectivity index (χ3n) is 4.32. The molecular weight excluding hydrogens is 260 g/mol. The van der Waals surface area contributed by atoms with E-state index in [2.05, 4.69) is 57.1 Å². The number of amides is 1. The van der Waals surface area contributed by atoms with Crippen molar-refractivity contribution in [3.05, 3.63) is 34.9 Å². The Balaban J connectivity index is 2.16. The summed E-state index contributed by atoms with van der Waals surface area (Å²) in [5.74, 6) is 0.989. The Bertz CT molecular complexity index is 508. The van der Waals surface area contributed by atoms with Crippen LogP contribution in [-0.4, -0.2) is 37.0 Å². The average molecular weight is 288 g/mol. The van der Waals surface area contributed by atoms with Crippen molar-refractivity contribution in [2.45, 2.75) is 52.0 Å². The quantitative estimate of drug-likeness (QED) is 0.921. The topological polar surface area (TPSA) is 32.3 Å². The van der Waals surface area contributed by atoms with Crippen molar-refractivity contribution in [3.8, 4) is 0 Å². The van der Waals surface area contributed by atoms with Crippen LogP contribution in [0.15, 0.2) is 18.2 Å². The van der Waals surface area contributed by atoms with Crippen molar-refractivity contribution in [2.24, 2.45) is 0 Å². The molecule has 1 aromatic carbocycles. The van der Waals surface area contributed by atoms with Gasteiger partial charge in [-0.2, -0.15) is 0 Å². The second kappa shape index (κ2) is 6.61. The Morgan fingerprint density at radius 2 is 1.86 bits per heavy atom. The number of carbonyl (C=O) groups excluding carboxylic acids is 1. The number of likely N-dealkylation sites (N-methyl/N-ethyl adjacent to an activating group) is 1. The van der Waals surface area contributed by atoms with E-state index >= 15 is 0 Å². The van der Waals surface area contributed by atoms with Gasteiger partial charge in [0.05, 0.1) is 0 Å². The van der Waals surface area contributed by atoms with E-state index in [9.17, 15) is 4.79 Å². The van der Waals surface area contributed by atoms with Crippen molar-refractivity contribution >= 4 is 5.91 Å². The monoisotopic (exact) mass is 288 g/mol. The SMILES string of the molecule is CC(C)c1ccc(C(=O)N[C@@H]2CCN(C)C2)cc1C(C)C. The number of likely N-dealkylation sites (tertiary alicyclic amines) is 1. The summed E-state index contributed by atoms with van der Waals surface area (Å²) in [7, 11) is 2.10. The molecule has 1 fully saturated rings. The Hall–Kier alpha value is -1.35. The molecule has 1 amide bonds. The van der Waals surface area contributed by atoms with Crippen LogP contribution >= 0.6 is 0 Å². The van der Waals surface area contributed by atoms with Crippen LogP contribution in [-0.2, 0) is 0 Å². The van der Waals surface area contributed by atoms with Crippen molar-refractivity contribution in [3.63, 3.8) is 0 Å². The van der Waals surface area contributed by atoms with Crippen LogP contribution in [0.25, 0.3) is 0 Å². The van der Waals surface area contributed by atoms with E-state index in [-0.39, 0.29) is 11.9 Å². The second-order valence-corrected chi connectivity index (χ2v) is 6.87. The lowest BCUT2D eigenvalue weighted by molar-refractivity contribution is 0.0938. The highest BCUT2D eigenvalue weighted by molar-refractivity contribution is 5.94. The van der Waals surface area contributed by atoms with E-state index in [1.165, 1.54) is 11.1 Å². The van der Waals surface area contributed by atoms with Gasteiger partial charge in [-0.15, -0.1) is 0 Å². The van der Waals surface area contributed by atoms with E-state index in [0.29, 0.717) is 11.8 Å². The van der Waals surface area contributed by atoms with Crippen molar-refractivity contribution in [1.82, 2.24) is 10.2 Å². The van der Waals surface area contributed by atoms with Gasteiger partial charge in [-0.05, 0) is 55.1 Å². The number of nitrogens with zero attached hydrogens (tertiary/aromatic N) is 1. The molecule has 1 N–H and O–H groups in total. The summed E-state index contributed by atoms with van der Waals surface area (Å²) < 4.78 is 0. The Morgan fingerprint density at radius 1 is 1.19 bits per heavy atom. The largest absolute Gasteiger partial charge is 0.348 e. The molecule has 0 bridgehead atoms. The maximum Gasteiger partial charge on any atom is 0.251 e. The normalized spacial score (nSPS) is 19.5. The number of hydrogen-bond donors (Lipinski definition) is 1. The maximum atomic E-state index is 12.4. The lowest BCUT2D eigenvalue weighted by atomic mass is 9.89. The van der Waals surface area contributed by atoms with Gasteiger partial charge >= 0.3 is 0 Å². The number of benzene rings is 1. The summed E-state index contributed by atoms with van der Waals surface area (Å²) in [6.45, 7) is 10.8. The van der Waals surface area contributed by atoms with E-state index in [4.69, 9.17) is 0 Å². The average Bonchev–Trinajstić information content (AvgIpc) is 2.83. The molecule has 1 aromatic rings. The summed E-state index contributed by atoms with van der Waals surface area (Å²) in [5.41, 5.74) is 3.43. The van der Waals surface area contributed by atoms with Gasteiger partial charge in [0, 0.05) is 18.2 Å². The summed E-state index contributed by atoms with van der Waals surface area (Å²) in [6, 6.07) is 6.45. The number of rotatable bonds is 4.